The molecule has 0 N–H and O–H groups in total. The Morgan fingerprint density at radius 1 is 1.12 bits per heavy atom. The number of piperidine rings is 1. The summed E-state index contributed by atoms with van der Waals surface area (Å²) in [6.07, 6.45) is 4.32. The zero-order chi connectivity index (χ0) is 11.9. The summed E-state index contributed by atoms with van der Waals surface area (Å²) in [5.74, 6) is 0.498. The number of esters is 1. The molecule has 1 saturated heterocycles. The Hall–Kier alpha value is -1.35. The molecule has 0 aromatic heterocycles. The summed E-state index contributed by atoms with van der Waals surface area (Å²) in [4.78, 5) is 13.9. The SMILES string of the molecule is O=C(CCN1CCCCC1)Oc1ccccc1. The van der Waals surface area contributed by atoms with Crippen molar-refractivity contribution in [1.29, 1.82) is 0 Å². The van der Waals surface area contributed by atoms with Crippen molar-refractivity contribution in [3.05, 3.63) is 30.3 Å². The van der Waals surface area contributed by atoms with Crippen LogP contribution in [-0.2, 0) is 4.79 Å². The van der Waals surface area contributed by atoms with E-state index >= 15 is 0 Å². The molecule has 1 fully saturated rings. The molecule has 0 spiro atoms. The van der Waals surface area contributed by atoms with Crippen molar-refractivity contribution in [1.82, 2.24) is 4.90 Å². The third-order valence-electron chi connectivity index (χ3n) is 3.06. The van der Waals surface area contributed by atoms with Crippen molar-refractivity contribution in [2.45, 2.75) is 25.7 Å². The number of likely N-dealkylation sites (tertiary alicyclic amines) is 1. The second-order valence-electron chi connectivity index (χ2n) is 4.44. The Labute approximate surface area is 102 Å². The Kier molecular flexibility index (Phi) is 4.56. The fourth-order valence-electron chi connectivity index (χ4n) is 2.10. The van der Waals surface area contributed by atoms with E-state index in [0.717, 1.165) is 19.6 Å². The first kappa shape index (κ1) is 12.1. The number of carbonyl (C=O) groups excluding carboxylic acids is 1. The number of para-hydroxylation sites is 1. The second-order valence-corrected chi connectivity index (χ2v) is 4.44. The predicted octanol–water partition coefficient (Wildman–Crippen LogP) is 2.47. The molecule has 17 heavy (non-hydrogen) atoms. The molecule has 1 aliphatic heterocycles. The van der Waals surface area contributed by atoms with Gasteiger partial charge in [0.05, 0.1) is 6.42 Å². The average Bonchev–Trinajstić information content (AvgIpc) is 2.39. The number of rotatable bonds is 4. The van der Waals surface area contributed by atoms with Gasteiger partial charge in [-0.15, -0.1) is 0 Å². The van der Waals surface area contributed by atoms with Crippen molar-refractivity contribution < 1.29 is 9.53 Å². The van der Waals surface area contributed by atoms with Gasteiger partial charge in [0.2, 0.25) is 0 Å². The monoisotopic (exact) mass is 233 g/mol. The van der Waals surface area contributed by atoms with Crippen LogP contribution in [0.5, 0.6) is 5.75 Å². The average molecular weight is 233 g/mol. The van der Waals surface area contributed by atoms with E-state index in [1.807, 2.05) is 18.2 Å². The smallest absolute Gasteiger partial charge is 0.312 e. The van der Waals surface area contributed by atoms with Crippen LogP contribution in [0, 0.1) is 0 Å². The first-order valence-electron chi connectivity index (χ1n) is 6.33. The third kappa shape index (κ3) is 4.19. The van der Waals surface area contributed by atoms with Crippen LogP contribution in [0.1, 0.15) is 25.7 Å². The summed E-state index contributed by atoms with van der Waals surface area (Å²) >= 11 is 0. The van der Waals surface area contributed by atoms with E-state index in [2.05, 4.69) is 4.90 Å². The minimum Gasteiger partial charge on any atom is -0.426 e. The van der Waals surface area contributed by atoms with Crippen molar-refractivity contribution in [2.24, 2.45) is 0 Å². The molecule has 0 unspecified atom stereocenters. The normalized spacial score (nSPS) is 16.7. The van der Waals surface area contributed by atoms with Crippen LogP contribution in [0.15, 0.2) is 30.3 Å². The first-order chi connectivity index (χ1) is 8.34. The summed E-state index contributed by atoms with van der Waals surface area (Å²) in [7, 11) is 0. The van der Waals surface area contributed by atoms with Gasteiger partial charge in [-0.25, -0.2) is 0 Å². The third-order valence-corrected chi connectivity index (χ3v) is 3.06. The van der Waals surface area contributed by atoms with Crippen molar-refractivity contribution in [2.75, 3.05) is 19.6 Å². The molecule has 0 atom stereocenters. The van der Waals surface area contributed by atoms with Gasteiger partial charge in [0, 0.05) is 6.54 Å². The largest absolute Gasteiger partial charge is 0.426 e. The zero-order valence-electron chi connectivity index (χ0n) is 10.1. The fraction of sp³-hybridized carbons (Fsp3) is 0.500. The van der Waals surface area contributed by atoms with Gasteiger partial charge >= 0.3 is 5.97 Å². The van der Waals surface area contributed by atoms with Crippen molar-refractivity contribution in [3.8, 4) is 5.75 Å². The van der Waals surface area contributed by atoms with Gasteiger partial charge in [-0.2, -0.15) is 0 Å². The van der Waals surface area contributed by atoms with Crippen LogP contribution in [0.2, 0.25) is 0 Å². The van der Waals surface area contributed by atoms with Crippen LogP contribution in [0.3, 0.4) is 0 Å². The van der Waals surface area contributed by atoms with Gasteiger partial charge in [0.1, 0.15) is 5.75 Å². The van der Waals surface area contributed by atoms with Gasteiger partial charge in [-0.1, -0.05) is 24.6 Å². The summed E-state index contributed by atoms with van der Waals surface area (Å²) in [5, 5.41) is 0. The molecule has 1 heterocycles. The molecule has 0 radical (unpaired) electrons. The number of hydrogen-bond acceptors (Lipinski definition) is 3. The van der Waals surface area contributed by atoms with Crippen LogP contribution in [0.25, 0.3) is 0 Å². The van der Waals surface area contributed by atoms with Gasteiger partial charge < -0.3 is 9.64 Å². The molecular formula is C14H19NO2. The molecule has 3 nitrogen and oxygen atoms in total. The highest BCUT2D eigenvalue weighted by Crippen LogP contribution is 2.11. The van der Waals surface area contributed by atoms with E-state index in [-0.39, 0.29) is 5.97 Å². The lowest BCUT2D eigenvalue weighted by atomic mass is 10.1. The molecule has 92 valence electrons. The minimum atomic E-state index is -0.137. The molecule has 1 aromatic carbocycles. The standard InChI is InChI=1S/C14H19NO2/c16-14(17-13-7-3-1-4-8-13)9-12-15-10-5-2-6-11-15/h1,3-4,7-8H,2,5-6,9-12H2. The summed E-state index contributed by atoms with van der Waals surface area (Å²) < 4.78 is 5.24. The van der Waals surface area contributed by atoms with E-state index in [1.165, 1.54) is 19.3 Å². The highest BCUT2D eigenvalue weighted by Gasteiger charge is 2.12. The molecule has 1 aromatic rings. The van der Waals surface area contributed by atoms with E-state index < -0.39 is 0 Å². The molecular weight excluding hydrogens is 214 g/mol. The van der Waals surface area contributed by atoms with Gasteiger partial charge in [0.25, 0.3) is 0 Å². The summed E-state index contributed by atoms with van der Waals surface area (Å²) in [6.45, 7) is 3.07. The first-order valence-corrected chi connectivity index (χ1v) is 6.33. The van der Waals surface area contributed by atoms with Crippen LogP contribution in [0.4, 0.5) is 0 Å². The lowest BCUT2D eigenvalue weighted by Gasteiger charge is -2.25. The van der Waals surface area contributed by atoms with E-state index in [1.54, 1.807) is 12.1 Å². The van der Waals surface area contributed by atoms with E-state index in [4.69, 9.17) is 4.74 Å². The molecule has 0 saturated carbocycles. The highest BCUT2D eigenvalue weighted by molar-refractivity contribution is 5.72. The minimum absolute atomic E-state index is 0.137. The zero-order valence-corrected chi connectivity index (χ0v) is 10.1. The Morgan fingerprint density at radius 3 is 2.53 bits per heavy atom. The second kappa shape index (κ2) is 6.40. The summed E-state index contributed by atoms with van der Waals surface area (Å²) in [6, 6.07) is 9.25. The molecule has 0 aliphatic carbocycles. The van der Waals surface area contributed by atoms with Gasteiger partial charge in [0.15, 0.2) is 0 Å². The molecule has 0 bridgehead atoms. The Balaban J connectivity index is 1.70. The number of hydrogen-bond donors (Lipinski definition) is 0. The van der Waals surface area contributed by atoms with Gasteiger partial charge in [-0.05, 0) is 38.1 Å². The van der Waals surface area contributed by atoms with Crippen molar-refractivity contribution in [3.63, 3.8) is 0 Å². The maximum atomic E-state index is 11.6. The predicted molar refractivity (Wildman–Crippen MR) is 67.0 cm³/mol. The maximum absolute atomic E-state index is 11.6. The van der Waals surface area contributed by atoms with E-state index in [9.17, 15) is 4.79 Å². The lowest BCUT2D eigenvalue weighted by molar-refractivity contribution is -0.134. The quantitative estimate of drug-likeness (QED) is 0.591. The van der Waals surface area contributed by atoms with Crippen LogP contribution >= 0.6 is 0 Å². The maximum Gasteiger partial charge on any atom is 0.312 e. The van der Waals surface area contributed by atoms with Crippen LogP contribution < -0.4 is 4.74 Å². The summed E-state index contributed by atoms with van der Waals surface area (Å²) in [5.41, 5.74) is 0. The van der Waals surface area contributed by atoms with Crippen LogP contribution in [-0.4, -0.2) is 30.5 Å². The Morgan fingerprint density at radius 2 is 1.82 bits per heavy atom. The van der Waals surface area contributed by atoms with E-state index in [0.29, 0.717) is 12.2 Å². The molecule has 0 amide bonds. The molecule has 2 rings (SSSR count). The number of ether oxygens (including phenoxy) is 1. The number of carbonyl (C=O) groups is 1. The topological polar surface area (TPSA) is 29.5 Å². The number of benzene rings is 1. The number of nitrogens with zero attached hydrogens (tertiary/aromatic N) is 1. The Bertz CT molecular complexity index is 344. The van der Waals surface area contributed by atoms with Crippen molar-refractivity contribution >= 4 is 5.97 Å². The molecule has 3 heteroatoms. The molecule has 1 aliphatic rings. The van der Waals surface area contributed by atoms with Gasteiger partial charge in [-0.3, -0.25) is 4.79 Å². The lowest BCUT2D eigenvalue weighted by Crippen LogP contribution is -2.32. The fourth-order valence-corrected chi connectivity index (χ4v) is 2.10. The highest BCUT2D eigenvalue weighted by atomic mass is 16.5.